The van der Waals surface area contributed by atoms with Crippen molar-refractivity contribution >= 4 is 21.8 Å². The second-order valence-corrected chi connectivity index (χ2v) is 5.17. The number of hydrogen-bond acceptors (Lipinski definition) is 3. The van der Waals surface area contributed by atoms with Crippen molar-refractivity contribution in [1.82, 2.24) is 10.2 Å². The summed E-state index contributed by atoms with van der Waals surface area (Å²) >= 11 is 3.42. The third-order valence-corrected chi connectivity index (χ3v) is 3.93. The van der Waals surface area contributed by atoms with Crippen molar-refractivity contribution in [2.24, 2.45) is 0 Å². The smallest absolute Gasteiger partial charge is 0.255 e. The molecular formula is C13H14BrN3O. The Bertz CT molecular complexity index is 509. The molecule has 1 aliphatic heterocycles. The summed E-state index contributed by atoms with van der Waals surface area (Å²) in [5, 5.41) is 12.2. The van der Waals surface area contributed by atoms with Crippen LogP contribution in [-0.4, -0.2) is 36.5 Å². The van der Waals surface area contributed by atoms with E-state index in [-0.39, 0.29) is 11.9 Å². The summed E-state index contributed by atoms with van der Waals surface area (Å²) in [5.74, 6) is -0.0799. The molecule has 0 bridgehead atoms. The molecule has 4 nitrogen and oxygen atoms in total. The largest absolute Gasteiger partial charge is 0.320 e. The minimum absolute atomic E-state index is 0.0799. The zero-order chi connectivity index (χ0) is 13.1. The van der Waals surface area contributed by atoms with Crippen LogP contribution < -0.4 is 5.32 Å². The first-order chi connectivity index (χ1) is 8.63. The van der Waals surface area contributed by atoms with Gasteiger partial charge in [-0.2, -0.15) is 5.26 Å². The molecule has 5 heteroatoms. The number of rotatable bonds is 1. The molecule has 1 N–H and O–H groups in total. The Morgan fingerprint density at radius 1 is 1.61 bits per heavy atom. The van der Waals surface area contributed by atoms with E-state index in [2.05, 4.69) is 27.3 Å². The van der Waals surface area contributed by atoms with Gasteiger partial charge in [-0.05, 0) is 24.6 Å². The summed E-state index contributed by atoms with van der Waals surface area (Å²) in [4.78, 5) is 14.0. The molecule has 0 aliphatic carbocycles. The summed E-state index contributed by atoms with van der Waals surface area (Å²) in [6.07, 6.45) is 0. The van der Waals surface area contributed by atoms with Crippen molar-refractivity contribution in [3.05, 3.63) is 33.8 Å². The van der Waals surface area contributed by atoms with Gasteiger partial charge in [-0.25, -0.2) is 0 Å². The fourth-order valence-corrected chi connectivity index (χ4v) is 2.33. The topological polar surface area (TPSA) is 56.1 Å². The molecule has 0 aromatic heterocycles. The minimum Gasteiger partial charge on any atom is -0.320 e. The first-order valence-electron chi connectivity index (χ1n) is 5.81. The lowest BCUT2D eigenvalue weighted by Crippen LogP contribution is -2.53. The van der Waals surface area contributed by atoms with E-state index in [9.17, 15) is 4.79 Å². The Morgan fingerprint density at radius 2 is 2.39 bits per heavy atom. The van der Waals surface area contributed by atoms with Crippen LogP contribution in [0.4, 0.5) is 0 Å². The summed E-state index contributed by atoms with van der Waals surface area (Å²) in [7, 11) is 0. The molecule has 1 aromatic carbocycles. The molecule has 1 heterocycles. The van der Waals surface area contributed by atoms with Crippen LogP contribution in [0.3, 0.4) is 0 Å². The van der Waals surface area contributed by atoms with Crippen molar-refractivity contribution in [2.75, 3.05) is 19.6 Å². The summed E-state index contributed by atoms with van der Waals surface area (Å²) in [5.41, 5.74) is 1.71. The van der Waals surface area contributed by atoms with Gasteiger partial charge in [0.2, 0.25) is 0 Å². The average Bonchev–Trinajstić information content (AvgIpc) is 2.41. The second-order valence-electron chi connectivity index (χ2n) is 4.31. The third kappa shape index (κ3) is 2.55. The highest BCUT2D eigenvalue weighted by atomic mass is 79.9. The van der Waals surface area contributed by atoms with Gasteiger partial charge in [-0.1, -0.05) is 22.0 Å². The van der Waals surface area contributed by atoms with Crippen LogP contribution in [0.1, 0.15) is 15.9 Å². The fraction of sp³-hybridized carbons (Fsp3) is 0.385. The monoisotopic (exact) mass is 307 g/mol. The maximum absolute atomic E-state index is 12.4. The first-order valence-corrected chi connectivity index (χ1v) is 6.60. The molecule has 0 radical (unpaired) electrons. The normalized spacial score (nSPS) is 19.4. The lowest BCUT2D eigenvalue weighted by Gasteiger charge is -2.32. The van der Waals surface area contributed by atoms with Gasteiger partial charge >= 0.3 is 0 Å². The van der Waals surface area contributed by atoms with Crippen molar-refractivity contribution in [1.29, 1.82) is 5.26 Å². The molecule has 1 aromatic rings. The van der Waals surface area contributed by atoms with E-state index in [0.29, 0.717) is 18.7 Å². The van der Waals surface area contributed by atoms with Gasteiger partial charge in [0.25, 0.3) is 5.91 Å². The Kier molecular flexibility index (Phi) is 4.00. The SMILES string of the molecule is Cc1ccc(C(=O)N2CCNCC2C#N)cc1Br. The number of amides is 1. The number of aryl methyl sites for hydroxylation is 1. The number of nitriles is 1. The van der Waals surface area contributed by atoms with Gasteiger partial charge in [0.05, 0.1) is 6.07 Å². The van der Waals surface area contributed by atoms with E-state index in [0.717, 1.165) is 16.6 Å². The number of carbonyl (C=O) groups is 1. The number of nitrogens with one attached hydrogen (secondary N) is 1. The van der Waals surface area contributed by atoms with Crippen LogP contribution in [0.25, 0.3) is 0 Å². The molecule has 1 unspecified atom stereocenters. The molecule has 1 amide bonds. The molecule has 2 rings (SSSR count). The highest BCUT2D eigenvalue weighted by molar-refractivity contribution is 9.10. The predicted molar refractivity (Wildman–Crippen MR) is 72.2 cm³/mol. The van der Waals surface area contributed by atoms with Crippen molar-refractivity contribution < 1.29 is 4.79 Å². The van der Waals surface area contributed by atoms with Crippen molar-refractivity contribution in [3.8, 4) is 6.07 Å². The van der Waals surface area contributed by atoms with Crippen LogP contribution in [0.5, 0.6) is 0 Å². The molecule has 1 aliphatic rings. The van der Waals surface area contributed by atoms with Gasteiger partial charge in [0, 0.05) is 29.7 Å². The lowest BCUT2D eigenvalue weighted by molar-refractivity contribution is 0.0687. The fourth-order valence-electron chi connectivity index (χ4n) is 1.95. The van der Waals surface area contributed by atoms with E-state index in [1.807, 2.05) is 19.1 Å². The average molecular weight is 308 g/mol. The standard InChI is InChI=1S/C13H14BrN3O/c1-9-2-3-10(6-12(9)14)13(18)17-5-4-16-8-11(17)7-15/h2-3,6,11,16H,4-5,8H2,1H3. The van der Waals surface area contributed by atoms with Crippen molar-refractivity contribution in [2.45, 2.75) is 13.0 Å². The van der Waals surface area contributed by atoms with Crippen LogP contribution in [0, 0.1) is 18.3 Å². The lowest BCUT2D eigenvalue weighted by atomic mass is 10.1. The molecule has 1 fully saturated rings. The zero-order valence-corrected chi connectivity index (χ0v) is 11.7. The molecule has 94 valence electrons. The van der Waals surface area contributed by atoms with Gasteiger partial charge in [0.15, 0.2) is 0 Å². The number of hydrogen-bond donors (Lipinski definition) is 1. The molecule has 1 atom stereocenters. The van der Waals surface area contributed by atoms with Crippen LogP contribution in [-0.2, 0) is 0 Å². The van der Waals surface area contributed by atoms with Gasteiger partial charge in [0.1, 0.15) is 6.04 Å². The van der Waals surface area contributed by atoms with Crippen molar-refractivity contribution in [3.63, 3.8) is 0 Å². The Balaban J connectivity index is 2.24. The molecule has 18 heavy (non-hydrogen) atoms. The van der Waals surface area contributed by atoms with Gasteiger partial charge < -0.3 is 10.2 Å². The second kappa shape index (κ2) is 5.51. The van der Waals surface area contributed by atoms with E-state index in [4.69, 9.17) is 5.26 Å². The Labute approximate surface area is 115 Å². The number of halogens is 1. The van der Waals surface area contributed by atoms with Crippen LogP contribution in [0.2, 0.25) is 0 Å². The van der Waals surface area contributed by atoms with Gasteiger partial charge in [-0.3, -0.25) is 4.79 Å². The Morgan fingerprint density at radius 3 is 3.06 bits per heavy atom. The highest BCUT2D eigenvalue weighted by Gasteiger charge is 2.27. The highest BCUT2D eigenvalue weighted by Crippen LogP contribution is 2.19. The third-order valence-electron chi connectivity index (χ3n) is 3.07. The molecule has 0 spiro atoms. The van der Waals surface area contributed by atoms with E-state index in [1.54, 1.807) is 11.0 Å². The minimum atomic E-state index is -0.383. The first kappa shape index (κ1) is 13.1. The van der Waals surface area contributed by atoms with E-state index >= 15 is 0 Å². The molecular weight excluding hydrogens is 294 g/mol. The zero-order valence-electron chi connectivity index (χ0n) is 10.1. The quantitative estimate of drug-likeness (QED) is 0.859. The number of carbonyl (C=O) groups excluding carboxylic acids is 1. The van der Waals surface area contributed by atoms with Crippen LogP contribution in [0.15, 0.2) is 22.7 Å². The Hall–Kier alpha value is -1.38. The maximum Gasteiger partial charge on any atom is 0.255 e. The van der Waals surface area contributed by atoms with E-state index in [1.165, 1.54) is 0 Å². The maximum atomic E-state index is 12.4. The molecule has 1 saturated heterocycles. The predicted octanol–water partition coefficient (Wildman–Crippen LogP) is 1.70. The summed E-state index contributed by atoms with van der Waals surface area (Å²) in [6, 6.07) is 7.30. The number of benzene rings is 1. The van der Waals surface area contributed by atoms with Crippen LogP contribution >= 0.6 is 15.9 Å². The van der Waals surface area contributed by atoms with Gasteiger partial charge in [-0.15, -0.1) is 0 Å². The number of piperazine rings is 1. The van der Waals surface area contributed by atoms with E-state index < -0.39 is 0 Å². The summed E-state index contributed by atoms with van der Waals surface area (Å²) < 4.78 is 0.914. The summed E-state index contributed by atoms with van der Waals surface area (Å²) in [6.45, 7) is 3.82. The number of nitrogens with zero attached hydrogens (tertiary/aromatic N) is 2. The molecule has 0 saturated carbocycles.